The van der Waals surface area contributed by atoms with E-state index in [-0.39, 0.29) is 0 Å². The minimum atomic E-state index is -2.22. The van der Waals surface area contributed by atoms with Crippen molar-refractivity contribution >= 4 is 37.4 Å². The second kappa shape index (κ2) is 8.72. The van der Waals surface area contributed by atoms with Crippen LogP contribution >= 0.6 is 11.3 Å². The Bertz CT molecular complexity index is 551. The van der Waals surface area contributed by atoms with Gasteiger partial charge < -0.3 is 0 Å². The Labute approximate surface area is 144 Å². The number of thiazole rings is 1. The van der Waals surface area contributed by atoms with Crippen LogP contribution in [0.4, 0.5) is 0 Å². The molecule has 2 rings (SSSR count). The van der Waals surface area contributed by atoms with E-state index in [9.17, 15) is 0 Å². The molecule has 0 unspecified atom stereocenters. The Morgan fingerprint density at radius 2 is 1.55 bits per heavy atom. The number of unbranched alkanes of at least 4 members (excludes halogenated alkanes) is 3. The summed E-state index contributed by atoms with van der Waals surface area (Å²) in [6.45, 7) is 9.18. The van der Waals surface area contributed by atoms with E-state index in [1.807, 2.05) is 2.89 Å². The zero-order chi connectivity index (χ0) is 16.0. The third kappa shape index (κ3) is 4.08. The van der Waals surface area contributed by atoms with Crippen molar-refractivity contribution in [3.05, 3.63) is 18.2 Å². The molecule has 0 radical (unpaired) electrons. The molecule has 0 amide bonds. The summed E-state index contributed by atoms with van der Waals surface area (Å²) in [6, 6.07) is 0. The summed E-state index contributed by atoms with van der Waals surface area (Å²) in [7, 11) is 0. The van der Waals surface area contributed by atoms with E-state index in [0.717, 1.165) is 5.82 Å². The number of aromatic nitrogens is 2. The van der Waals surface area contributed by atoms with Crippen LogP contribution in [0.15, 0.2) is 12.4 Å². The average molecular weight is 427 g/mol. The quantitative estimate of drug-likeness (QED) is 0.441. The number of nitrogens with zero attached hydrogens (tertiary/aromatic N) is 2. The Morgan fingerprint density at radius 1 is 1.00 bits per heavy atom. The summed E-state index contributed by atoms with van der Waals surface area (Å²) in [5.74, 6) is 1.15. The molecule has 0 atom stereocenters. The van der Waals surface area contributed by atoms with Gasteiger partial charge in [-0.15, -0.1) is 0 Å². The van der Waals surface area contributed by atoms with Gasteiger partial charge in [0.05, 0.1) is 0 Å². The summed E-state index contributed by atoms with van der Waals surface area (Å²) < 4.78 is 8.82. The molecule has 0 aromatic carbocycles. The first kappa shape index (κ1) is 18.3. The summed E-state index contributed by atoms with van der Waals surface area (Å²) in [4.78, 5) is 5.82. The summed E-state index contributed by atoms with van der Waals surface area (Å²) in [6.07, 6.45) is 12.9. The van der Waals surface area contributed by atoms with Crippen molar-refractivity contribution < 1.29 is 0 Å². The molecule has 2 heterocycles. The van der Waals surface area contributed by atoms with Gasteiger partial charge in [-0.3, -0.25) is 0 Å². The van der Waals surface area contributed by atoms with Crippen molar-refractivity contribution in [1.29, 1.82) is 0 Å². The minimum absolute atomic E-state index is 1.15. The first-order valence-electron chi connectivity index (χ1n) is 9.10. The van der Waals surface area contributed by atoms with E-state index in [2.05, 4.69) is 60.8 Å². The van der Waals surface area contributed by atoms with Crippen molar-refractivity contribution in [2.45, 2.75) is 79.5 Å². The van der Waals surface area contributed by atoms with Crippen LogP contribution in [-0.4, -0.2) is 27.8 Å². The Balaban J connectivity index is 2.37. The first-order valence-corrected chi connectivity index (χ1v) is 17.4. The predicted octanol–water partition coefficient (Wildman–Crippen LogP) is 5.76. The maximum absolute atomic E-state index is 4.46. The molecule has 2 nitrogen and oxygen atoms in total. The molecule has 2 aromatic rings. The molecule has 2 aromatic heterocycles. The van der Waals surface area contributed by atoms with E-state index in [4.69, 9.17) is 0 Å². The molecule has 124 valence electrons. The average Bonchev–Trinajstić information content (AvgIpc) is 3.10. The molecule has 0 fully saturated rings. The zero-order valence-corrected chi connectivity index (χ0v) is 18.5. The van der Waals surface area contributed by atoms with Crippen molar-refractivity contribution in [2.24, 2.45) is 0 Å². The van der Waals surface area contributed by atoms with Crippen LogP contribution in [0.1, 0.15) is 65.1 Å². The summed E-state index contributed by atoms with van der Waals surface area (Å²) in [5.41, 5.74) is 0. The van der Waals surface area contributed by atoms with E-state index in [1.165, 1.54) is 43.4 Å². The maximum atomic E-state index is 4.46. The molecular formula is C18H32N2SSn. The van der Waals surface area contributed by atoms with Crippen LogP contribution in [0, 0.1) is 6.92 Å². The van der Waals surface area contributed by atoms with Crippen LogP contribution in [0.25, 0.3) is 4.83 Å². The Kier molecular flexibility index (Phi) is 7.26. The van der Waals surface area contributed by atoms with Gasteiger partial charge in [0.2, 0.25) is 0 Å². The van der Waals surface area contributed by atoms with Crippen molar-refractivity contribution in [2.75, 3.05) is 0 Å². The Hall–Kier alpha value is -0.0313. The molecular weight excluding hydrogens is 395 g/mol. The molecule has 0 N–H and O–H groups in total. The van der Waals surface area contributed by atoms with Crippen LogP contribution < -0.4 is 2.89 Å². The fraction of sp³-hybridized carbons (Fsp3) is 0.722. The second-order valence-electron chi connectivity index (χ2n) is 6.70. The molecule has 0 aliphatic rings. The Morgan fingerprint density at radius 3 is 2.00 bits per heavy atom. The standard InChI is InChI=1S/C6H5N2S.3C4H9.Sn/c1-5-7-4-6-8(5)2-3-9-6;3*1-3-4-2;/h2,4H,1H3;3*1,3-4H2,2H3;. The number of rotatable bonds is 10. The van der Waals surface area contributed by atoms with Gasteiger partial charge in [-0.05, 0) is 0 Å². The van der Waals surface area contributed by atoms with Gasteiger partial charge in [0.15, 0.2) is 0 Å². The van der Waals surface area contributed by atoms with E-state index < -0.39 is 18.4 Å². The molecule has 4 heteroatoms. The van der Waals surface area contributed by atoms with Crippen molar-refractivity contribution in [3.8, 4) is 0 Å². The van der Waals surface area contributed by atoms with E-state index in [0.29, 0.717) is 0 Å². The zero-order valence-electron chi connectivity index (χ0n) is 14.8. The van der Waals surface area contributed by atoms with Gasteiger partial charge in [-0.2, -0.15) is 0 Å². The number of aryl methyl sites for hydroxylation is 1. The number of hydrogen-bond acceptors (Lipinski definition) is 2. The normalized spacial score (nSPS) is 12.4. The molecule has 0 bridgehead atoms. The van der Waals surface area contributed by atoms with Gasteiger partial charge >= 0.3 is 145 Å². The summed E-state index contributed by atoms with van der Waals surface area (Å²) in [5, 5.41) is 0. The van der Waals surface area contributed by atoms with Crippen molar-refractivity contribution in [3.63, 3.8) is 0 Å². The van der Waals surface area contributed by atoms with E-state index in [1.54, 1.807) is 13.3 Å². The second-order valence-corrected chi connectivity index (χ2v) is 21.9. The molecule has 22 heavy (non-hydrogen) atoms. The number of hydrogen-bond donors (Lipinski definition) is 0. The fourth-order valence-corrected chi connectivity index (χ4v) is 23.5. The van der Waals surface area contributed by atoms with Gasteiger partial charge in [0.1, 0.15) is 0 Å². The van der Waals surface area contributed by atoms with Crippen LogP contribution in [0.5, 0.6) is 0 Å². The van der Waals surface area contributed by atoms with Crippen LogP contribution in [-0.2, 0) is 0 Å². The van der Waals surface area contributed by atoms with Gasteiger partial charge in [-0.25, -0.2) is 0 Å². The monoisotopic (exact) mass is 428 g/mol. The predicted molar refractivity (Wildman–Crippen MR) is 102 cm³/mol. The number of imidazole rings is 1. The summed E-state index contributed by atoms with van der Waals surface area (Å²) >= 11 is -0.153. The molecule has 0 aliphatic heterocycles. The third-order valence-corrected chi connectivity index (χ3v) is 24.1. The van der Waals surface area contributed by atoms with Crippen LogP contribution in [0.2, 0.25) is 13.3 Å². The fourth-order valence-electron chi connectivity index (χ4n) is 3.46. The molecule has 0 spiro atoms. The topological polar surface area (TPSA) is 17.3 Å². The SMILES string of the molecule is CCC[CH2][Sn]([CH2]CCC)([CH2]CCC)[c]1cn2c(C)ncc2s1. The van der Waals surface area contributed by atoms with Crippen LogP contribution in [0.3, 0.4) is 0 Å². The van der Waals surface area contributed by atoms with E-state index >= 15 is 0 Å². The molecule has 0 saturated carbocycles. The number of fused-ring (bicyclic) bond motifs is 1. The first-order chi connectivity index (χ1) is 10.7. The van der Waals surface area contributed by atoms with Gasteiger partial charge in [-0.1, -0.05) is 0 Å². The van der Waals surface area contributed by atoms with Gasteiger partial charge in [0.25, 0.3) is 0 Å². The molecule has 0 saturated heterocycles. The van der Waals surface area contributed by atoms with Crippen molar-refractivity contribution in [1.82, 2.24) is 9.38 Å². The molecule has 0 aliphatic carbocycles. The van der Waals surface area contributed by atoms with Gasteiger partial charge in [0, 0.05) is 0 Å². The third-order valence-electron chi connectivity index (χ3n) is 4.96.